The fraction of sp³-hybridized carbons (Fsp3) is 0.333. The van der Waals surface area contributed by atoms with Crippen molar-refractivity contribution in [1.82, 2.24) is 4.72 Å². The van der Waals surface area contributed by atoms with Gasteiger partial charge in [0, 0.05) is 37.1 Å². The number of aliphatic imine (C=N–C) groups is 1. The number of nitrogens with one attached hydrogen (secondary N) is 1. The third-order valence-corrected chi connectivity index (χ3v) is 5.70. The number of rotatable bonds is 9. The number of guanidine groups is 1. The molecule has 2 rings (SSSR count). The highest BCUT2D eigenvalue weighted by molar-refractivity contribution is 7.89. The summed E-state index contributed by atoms with van der Waals surface area (Å²) in [6.45, 7) is 0.217. The average Bonchev–Trinajstić information content (AvgIpc) is 2.62. The quantitative estimate of drug-likeness (QED) is 0.257. The predicted molar refractivity (Wildman–Crippen MR) is 117 cm³/mol. The van der Waals surface area contributed by atoms with E-state index >= 15 is 0 Å². The Hall–Kier alpha value is -2.56. The van der Waals surface area contributed by atoms with Crippen LogP contribution in [0.25, 0.3) is 10.8 Å². The van der Waals surface area contributed by atoms with Crippen molar-refractivity contribution >= 4 is 50.8 Å². The van der Waals surface area contributed by atoms with Crippen molar-refractivity contribution in [2.24, 2.45) is 16.5 Å². The average molecular weight is 444 g/mol. The van der Waals surface area contributed by atoms with Crippen molar-refractivity contribution in [3.63, 3.8) is 0 Å². The van der Waals surface area contributed by atoms with Crippen LogP contribution in [0.5, 0.6) is 0 Å². The van der Waals surface area contributed by atoms with Gasteiger partial charge in [0.1, 0.15) is 6.04 Å². The molecule has 160 valence electrons. The molecule has 0 spiro atoms. The minimum absolute atomic E-state index is 0. The molecule has 29 heavy (non-hydrogen) atoms. The van der Waals surface area contributed by atoms with Crippen molar-refractivity contribution in [1.29, 1.82) is 0 Å². The van der Waals surface area contributed by atoms with Crippen molar-refractivity contribution in [3.05, 3.63) is 36.4 Å². The first-order valence-corrected chi connectivity index (χ1v) is 10.1. The number of benzene rings is 2. The smallest absolute Gasteiger partial charge is 0.321 e. The molecule has 0 fully saturated rings. The molecule has 0 saturated heterocycles. The second-order valence-electron chi connectivity index (χ2n) is 6.48. The van der Waals surface area contributed by atoms with Crippen LogP contribution in [-0.4, -0.2) is 52.1 Å². The molecular formula is C18H26ClN5O4S. The van der Waals surface area contributed by atoms with Gasteiger partial charge in [-0.15, -0.1) is 12.4 Å². The number of hydrogen-bond donors (Lipinski definition) is 4. The van der Waals surface area contributed by atoms with Crippen molar-refractivity contribution in [2.75, 3.05) is 25.5 Å². The molecule has 0 heterocycles. The van der Waals surface area contributed by atoms with Crippen LogP contribution in [0.3, 0.4) is 0 Å². The van der Waals surface area contributed by atoms with Crippen LogP contribution < -0.4 is 21.1 Å². The highest BCUT2D eigenvalue weighted by atomic mass is 35.5. The van der Waals surface area contributed by atoms with Crippen LogP contribution in [0.1, 0.15) is 12.8 Å². The fourth-order valence-electron chi connectivity index (χ4n) is 2.88. The maximum atomic E-state index is 12.9. The van der Waals surface area contributed by atoms with E-state index in [0.717, 1.165) is 11.1 Å². The third-order valence-electron chi connectivity index (χ3n) is 4.17. The molecule has 11 heteroatoms. The zero-order chi connectivity index (χ0) is 20.9. The molecule has 2 aromatic rings. The number of carboxylic acids is 1. The maximum absolute atomic E-state index is 12.9. The summed E-state index contributed by atoms with van der Waals surface area (Å²) in [5.41, 5.74) is 11.3. The summed E-state index contributed by atoms with van der Waals surface area (Å²) >= 11 is 0. The van der Waals surface area contributed by atoms with Gasteiger partial charge in [-0.25, -0.2) is 8.42 Å². The molecule has 0 amide bonds. The highest BCUT2D eigenvalue weighted by Crippen LogP contribution is 2.30. The number of aliphatic carboxylic acids is 1. The molecule has 0 aliphatic heterocycles. The summed E-state index contributed by atoms with van der Waals surface area (Å²) in [6.07, 6.45) is 0.372. The number of nitrogens with two attached hydrogens (primary N) is 2. The van der Waals surface area contributed by atoms with Crippen molar-refractivity contribution in [2.45, 2.75) is 23.8 Å². The summed E-state index contributed by atoms with van der Waals surface area (Å²) in [5, 5.41) is 10.7. The first-order valence-electron chi connectivity index (χ1n) is 8.63. The third kappa shape index (κ3) is 6.21. The molecular weight excluding hydrogens is 418 g/mol. The molecule has 0 aliphatic carbocycles. The molecule has 0 unspecified atom stereocenters. The highest BCUT2D eigenvalue weighted by Gasteiger charge is 2.26. The summed E-state index contributed by atoms with van der Waals surface area (Å²) in [6, 6.07) is 8.99. The van der Waals surface area contributed by atoms with Gasteiger partial charge in [-0.05, 0) is 25.0 Å². The van der Waals surface area contributed by atoms with E-state index in [0.29, 0.717) is 11.8 Å². The lowest BCUT2D eigenvalue weighted by molar-refractivity contribution is -0.139. The Balaban J connectivity index is 0.00000420. The van der Waals surface area contributed by atoms with Crippen LogP contribution in [0.4, 0.5) is 5.69 Å². The van der Waals surface area contributed by atoms with E-state index in [9.17, 15) is 18.3 Å². The van der Waals surface area contributed by atoms with Crippen molar-refractivity contribution in [3.8, 4) is 0 Å². The van der Waals surface area contributed by atoms with E-state index in [4.69, 9.17) is 11.5 Å². The second kappa shape index (κ2) is 10.3. The lowest BCUT2D eigenvalue weighted by atomic mass is 10.1. The van der Waals surface area contributed by atoms with Crippen LogP contribution in [0.15, 0.2) is 46.3 Å². The lowest BCUT2D eigenvalue weighted by Crippen LogP contribution is -2.40. The zero-order valence-electron chi connectivity index (χ0n) is 16.2. The second-order valence-corrected chi connectivity index (χ2v) is 8.17. The maximum Gasteiger partial charge on any atom is 0.321 e. The van der Waals surface area contributed by atoms with Crippen LogP contribution >= 0.6 is 12.4 Å². The molecule has 0 bridgehead atoms. The standard InChI is InChI=1S/C18H25N5O4S.ClH/c1-23(2)15-9-3-7-13-12(15)6-4-10-16(13)28(26,27)22-14(17(24)25)8-5-11-21-18(19)20;/h3-4,6-7,9-10,14,22H,5,8,11H2,1-2H3,(H,24,25)(H4,19,20,21);1H/t14-;/m0./s1. The largest absolute Gasteiger partial charge is 0.480 e. The number of carboxylic acid groups (broad SMARTS) is 1. The number of carbonyl (C=O) groups is 1. The Bertz CT molecular complexity index is 991. The van der Waals surface area contributed by atoms with Crippen molar-refractivity contribution < 1.29 is 18.3 Å². The summed E-state index contributed by atoms with van der Waals surface area (Å²) in [5.74, 6) is -1.36. The fourth-order valence-corrected chi connectivity index (χ4v) is 4.32. The first-order chi connectivity index (χ1) is 13.1. The molecule has 9 nitrogen and oxygen atoms in total. The molecule has 0 radical (unpaired) electrons. The van der Waals surface area contributed by atoms with Gasteiger partial charge in [0.25, 0.3) is 0 Å². The molecule has 2 aromatic carbocycles. The summed E-state index contributed by atoms with van der Waals surface area (Å²) in [7, 11) is -0.329. The molecule has 6 N–H and O–H groups in total. The molecule has 0 aromatic heterocycles. The Labute approximate surface area is 176 Å². The van der Waals surface area contributed by atoms with E-state index in [-0.39, 0.29) is 36.2 Å². The van der Waals surface area contributed by atoms with Gasteiger partial charge in [-0.1, -0.05) is 24.3 Å². The first kappa shape index (κ1) is 24.5. The van der Waals surface area contributed by atoms with E-state index in [1.807, 2.05) is 31.1 Å². The number of fused-ring (bicyclic) bond motifs is 1. The van der Waals surface area contributed by atoms with Gasteiger partial charge in [0.15, 0.2) is 5.96 Å². The summed E-state index contributed by atoms with van der Waals surface area (Å²) in [4.78, 5) is 17.2. The Morgan fingerprint density at radius 1 is 1.17 bits per heavy atom. The number of halogens is 1. The molecule has 1 atom stereocenters. The minimum Gasteiger partial charge on any atom is -0.480 e. The molecule has 0 aliphatic rings. The Morgan fingerprint density at radius 3 is 2.38 bits per heavy atom. The lowest BCUT2D eigenvalue weighted by Gasteiger charge is -2.18. The van der Waals surface area contributed by atoms with Crippen LogP contribution in [-0.2, 0) is 14.8 Å². The molecule has 0 saturated carbocycles. The van der Waals surface area contributed by atoms with E-state index in [1.165, 1.54) is 6.07 Å². The summed E-state index contributed by atoms with van der Waals surface area (Å²) < 4.78 is 28.1. The van der Waals surface area contributed by atoms with Gasteiger partial charge in [-0.2, -0.15) is 4.72 Å². The SMILES string of the molecule is CN(C)c1cccc2c(S(=O)(=O)N[C@@H](CCCN=C(N)N)C(=O)O)cccc12.Cl. The number of nitrogens with zero attached hydrogens (tertiary/aromatic N) is 2. The monoisotopic (exact) mass is 443 g/mol. The Morgan fingerprint density at radius 2 is 1.79 bits per heavy atom. The Kier molecular flexibility index (Phi) is 8.68. The van der Waals surface area contributed by atoms with Crippen LogP contribution in [0, 0.1) is 0 Å². The number of anilines is 1. The van der Waals surface area contributed by atoms with Gasteiger partial charge < -0.3 is 21.5 Å². The zero-order valence-corrected chi connectivity index (χ0v) is 17.8. The predicted octanol–water partition coefficient (Wildman–Crippen LogP) is 1.11. The normalized spacial score (nSPS) is 12.1. The van der Waals surface area contributed by atoms with Gasteiger partial charge >= 0.3 is 5.97 Å². The van der Waals surface area contributed by atoms with E-state index in [1.54, 1.807) is 18.2 Å². The van der Waals surface area contributed by atoms with Gasteiger partial charge in [0.05, 0.1) is 4.90 Å². The number of hydrogen-bond acceptors (Lipinski definition) is 5. The van der Waals surface area contributed by atoms with Gasteiger partial charge in [-0.3, -0.25) is 9.79 Å². The van der Waals surface area contributed by atoms with E-state index < -0.39 is 22.0 Å². The topological polar surface area (TPSA) is 151 Å². The minimum atomic E-state index is -4.06. The van der Waals surface area contributed by atoms with Crippen LogP contribution in [0.2, 0.25) is 0 Å². The van der Waals surface area contributed by atoms with E-state index in [2.05, 4.69) is 9.71 Å². The number of sulfonamides is 1. The van der Waals surface area contributed by atoms with Gasteiger partial charge in [0.2, 0.25) is 10.0 Å².